The van der Waals surface area contributed by atoms with Crippen molar-refractivity contribution in [2.75, 3.05) is 13.2 Å². The molecular weight excluding hydrogens is 461 g/mol. The average Bonchev–Trinajstić information content (AvgIpc) is 3.03. The van der Waals surface area contributed by atoms with Crippen molar-refractivity contribution in [2.45, 2.75) is 26.4 Å². The van der Waals surface area contributed by atoms with Crippen molar-refractivity contribution in [1.29, 1.82) is 10.5 Å². The van der Waals surface area contributed by atoms with Crippen molar-refractivity contribution in [2.24, 2.45) is 0 Å². The molecule has 1 heterocycles. The first-order valence-corrected chi connectivity index (χ1v) is 9.86. The van der Waals surface area contributed by atoms with E-state index in [1.807, 2.05) is 6.07 Å². The van der Waals surface area contributed by atoms with Crippen molar-refractivity contribution in [3.8, 4) is 17.8 Å². The maximum Gasteiger partial charge on any atom is 0.417 e. The molecule has 0 atom stereocenters. The molecule has 0 unspecified atom stereocenters. The summed E-state index contributed by atoms with van der Waals surface area (Å²) in [6.45, 7) is 2.74. The molecule has 0 saturated carbocycles. The number of halogens is 4. The summed E-state index contributed by atoms with van der Waals surface area (Å²) in [6, 6.07) is 8.62. The third-order valence-corrected chi connectivity index (χ3v) is 4.85. The molecule has 172 valence electrons. The number of benzene rings is 1. The van der Waals surface area contributed by atoms with E-state index < -0.39 is 40.8 Å². The first-order chi connectivity index (χ1) is 15.5. The Bertz CT molecular complexity index is 1190. The molecule has 2 aromatic rings. The molecule has 33 heavy (non-hydrogen) atoms. The largest absolute Gasteiger partial charge is 0.451 e. The van der Waals surface area contributed by atoms with Crippen LogP contribution >= 0.6 is 11.6 Å². The van der Waals surface area contributed by atoms with Gasteiger partial charge in [0.2, 0.25) is 0 Å². The van der Waals surface area contributed by atoms with Gasteiger partial charge in [0, 0.05) is 23.6 Å². The van der Waals surface area contributed by atoms with E-state index in [1.54, 1.807) is 26.0 Å². The van der Waals surface area contributed by atoms with E-state index in [-0.39, 0.29) is 18.7 Å². The number of amides is 1. The quantitative estimate of drug-likeness (QED) is 0.277. The number of rotatable bonds is 7. The molecule has 1 aromatic carbocycles. The minimum absolute atomic E-state index is 0.0940. The Labute approximate surface area is 192 Å². The fraction of sp³-hybridized carbons (Fsp3) is 0.273. The van der Waals surface area contributed by atoms with E-state index in [0.29, 0.717) is 17.0 Å². The minimum atomic E-state index is -4.64. The number of nitrogens with zero attached hydrogens (tertiary/aromatic N) is 3. The molecule has 0 fully saturated rings. The Morgan fingerprint density at radius 3 is 2.55 bits per heavy atom. The molecule has 0 aliphatic carbocycles. The third-order valence-electron chi connectivity index (χ3n) is 4.52. The van der Waals surface area contributed by atoms with Crippen LogP contribution in [0, 0.1) is 36.5 Å². The van der Waals surface area contributed by atoms with E-state index in [0.717, 1.165) is 12.1 Å². The monoisotopic (exact) mass is 478 g/mol. The second-order valence-electron chi connectivity index (χ2n) is 6.83. The highest BCUT2D eigenvalue weighted by atomic mass is 35.5. The van der Waals surface area contributed by atoms with Crippen LogP contribution in [0.4, 0.5) is 13.2 Å². The molecule has 0 bridgehead atoms. The van der Waals surface area contributed by atoms with Crippen molar-refractivity contribution in [3.05, 3.63) is 57.4 Å². The second-order valence-corrected chi connectivity index (χ2v) is 7.24. The zero-order valence-corrected chi connectivity index (χ0v) is 18.3. The van der Waals surface area contributed by atoms with Gasteiger partial charge in [-0.25, -0.2) is 4.79 Å². The Balaban J connectivity index is 2.30. The van der Waals surface area contributed by atoms with Crippen LogP contribution in [-0.2, 0) is 20.5 Å². The highest BCUT2D eigenvalue weighted by Crippen LogP contribution is 2.36. The average molecular weight is 479 g/mol. The highest BCUT2D eigenvalue weighted by Gasteiger charge is 2.33. The van der Waals surface area contributed by atoms with Crippen LogP contribution in [0.25, 0.3) is 11.8 Å². The number of hydrogen-bond donors (Lipinski definition) is 1. The number of carbonyl (C=O) groups excluding carboxylic acids is 2. The van der Waals surface area contributed by atoms with Gasteiger partial charge < -0.3 is 14.6 Å². The van der Waals surface area contributed by atoms with E-state index in [9.17, 15) is 28.0 Å². The molecule has 1 N–H and O–H groups in total. The highest BCUT2D eigenvalue weighted by molar-refractivity contribution is 6.31. The van der Waals surface area contributed by atoms with E-state index in [4.69, 9.17) is 21.6 Å². The first-order valence-electron chi connectivity index (χ1n) is 9.48. The van der Waals surface area contributed by atoms with E-state index >= 15 is 0 Å². The summed E-state index contributed by atoms with van der Waals surface area (Å²) >= 11 is 5.69. The van der Waals surface area contributed by atoms with Crippen molar-refractivity contribution >= 4 is 29.6 Å². The summed E-state index contributed by atoms with van der Waals surface area (Å²) in [5.74, 6) is -1.67. The Morgan fingerprint density at radius 2 is 1.94 bits per heavy atom. The Morgan fingerprint density at radius 1 is 1.24 bits per heavy atom. The Hall–Kier alpha value is -3.76. The van der Waals surface area contributed by atoms with Crippen LogP contribution in [0.2, 0.25) is 5.02 Å². The van der Waals surface area contributed by atoms with Gasteiger partial charge in [-0.15, -0.1) is 0 Å². The number of aromatic nitrogens is 1. The zero-order chi connectivity index (χ0) is 24.8. The summed E-state index contributed by atoms with van der Waals surface area (Å²) in [7, 11) is 0. The molecular formula is C22H18ClF3N4O3. The number of esters is 1. The fourth-order valence-electron chi connectivity index (χ4n) is 3.01. The number of aryl methyl sites for hydroxylation is 1. The summed E-state index contributed by atoms with van der Waals surface area (Å²) in [4.78, 5) is 23.8. The normalized spacial score (nSPS) is 11.5. The van der Waals surface area contributed by atoms with Gasteiger partial charge in [-0.3, -0.25) is 4.79 Å². The van der Waals surface area contributed by atoms with Gasteiger partial charge in [-0.05, 0) is 49.8 Å². The number of ether oxygens (including phenoxy) is 1. The number of nitriles is 2. The standard InChI is InChI=1S/C22H18ClF3N4O3/c1-13-8-15(9-16(11-28)21(32)33-12-20(31)29-7-3-6-27)14(2)30(13)17-4-5-19(23)18(10-17)22(24,25)26/h4-5,8-10H,3,7,12H2,1-2H3,(H,29,31)/b16-9+. The van der Waals surface area contributed by atoms with Crippen LogP contribution in [0.3, 0.4) is 0 Å². The molecule has 0 saturated heterocycles. The van der Waals surface area contributed by atoms with Crippen molar-refractivity contribution in [1.82, 2.24) is 9.88 Å². The minimum Gasteiger partial charge on any atom is -0.451 e. The van der Waals surface area contributed by atoms with Crippen molar-refractivity contribution in [3.63, 3.8) is 0 Å². The molecule has 1 amide bonds. The van der Waals surface area contributed by atoms with Gasteiger partial charge in [0.15, 0.2) is 6.61 Å². The van der Waals surface area contributed by atoms with E-state index in [1.165, 1.54) is 16.7 Å². The zero-order valence-electron chi connectivity index (χ0n) is 17.6. The molecule has 2 rings (SSSR count). The first kappa shape index (κ1) is 25.5. The molecule has 0 aliphatic rings. The van der Waals surface area contributed by atoms with Gasteiger partial charge >= 0.3 is 12.1 Å². The van der Waals surface area contributed by atoms with Crippen LogP contribution < -0.4 is 5.32 Å². The molecule has 11 heteroatoms. The van der Waals surface area contributed by atoms with Crippen LogP contribution in [0.5, 0.6) is 0 Å². The summed E-state index contributed by atoms with van der Waals surface area (Å²) < 4.78 is 46.1. The number of nitrogens with one attached hydrogen (secondary N) is 1. The number of alkyl halides is 3. The summed E-state index contributed by atoms with van der Waals surface area (Å²) in [6.07, 6.45) is -3.31. The lowest BCUT2D eigenvalue weighted by Gasteiger charge is -2.14. The lowest BCUT2D eigenvalue weighted by atomic mass is 10.1. The Kier molecular flexibility index (Phi) is 8.27. The molecule has 0 radical (unpaired) electrons. The smallest absolute Gasteiger partial charge is 0.417 e. The topological polar surface area (TPSA) is 108 Å². The summed E-state index contributed by atoms with van der Waals surface area (Å²) in [5.41, 5.74) is 0.252. The lowest BCUT2D eigenvalue weighted by Crippen LogP contribution is -2.29. The maximum atomic E-state index is 13.2. The molecule has 0 spiro atoms. The van der Waals surface area contributed by atoms with Gasteiger partial charge in [0.1, 0.15) is 11.6 Å². The van der Waals surface area contributed by atoms with Crippen LogP contribution in [-0.4, -0.2) is 29.6 Å². The maximum absolute atomic E-state index is 13.2. The molecule has 7 nitrogen and oxygen atoms in total. The molecule has 0 aliphatic heterocycles. The van der Waals surface area contributed by atoms with Gasteiger partial charge in [-0.1, -0.05) is 11.6 Å². The summed E-state index contributed by atoms with van der Waals surface area (Å²) in [5, 5.41) is 19.7. The molecule has 1 aromatic heterocycles. The fourth-order valence-corrected chi connectivity index (χ4v) is 3.24. The van der Waals surface area contributed by atoms with E-state index in [2.05, 4.69) is 5.32 Å². The van der Waals surface area contributed by atoms with Gasteiger partial charge in [0.25, 0.3) is 5.91 Å². The van der Waals surface area contributed by atoms with Gasteiger partial charge in [-0.2, -0.15) is 23.7 Å². The number of hydrogen-bond acceptors (Lipinski definition) is 5. The third kappa shape index (κ3) is 6.37. The van der Waals surface area contributed by atoms with Gasteiger partial charge in [0.05, 0.1) is 23.1 Å². The van der Waals surface area contributed by atoms with Crippen LogP contribution in [0.1, 0.15) is 28.9 Å². The predicted octanol–water partition coefficient (Wildman–Crippen LogP) is 4.25. The SMILES string of the molecule is Cc1cc(/C=C(\C#N)C(=O)OCC(=O)NCCC#N)c(C)n1-c1ccc(Cl)c(C(F)(F)F)c1. The second kappa shape index (κ2) is 10.7. The van der Waals surface area contributed by atoms with Crippen LogP contribution in [0.15, 0.2) is 29.8 Å². The predicted molar refractivity (Wildman–Crippen MR) is 113 cm³/mol. The van der Waals surface area contributed by atoms with Crippen molar-refractivity contribution < 1.29 is 27.5 Å². The lowest BCUT2D eigenvalue weighted by molar-refractivity contribution is -0.144. The number of carbonyl (C=O) groups is 2.